The molecule has 1 aromatic carbocycles. The minimum absolute atomic E-state index is 0.334. The molecule has 1 saturated heterocycles. The number of nitrogens with zero attached hydrogens (tertiary/aromatic N) is 4. The molecule has 26 heavy (non-hydrogen) atoms. The van der Waals surface area contributed by atoms with Crippen molar-refractivity contribution < 1.29 is 9.32 Å². The van der Waals surface area contributed by atoms with Crippen LogP contribution in [0.1, 0.15) is 38.0 Å². The van der Waals surface area contributed by atoms with Crippen LogP contribution in [-0.4, -0.2) is 52.0 Å². The van der Waals surface area contributed by atoms with E-state index in [1.165, 1.54) is 25.7 Å². The van der Waals surface area contributed by atoms with Crippen LogP contribution in [0, 0.1) is 5.92 Å². The number of rotatable bonds is 5. The topological polar surface area (TPSA) is 62.5 Å². The highest BCUT2D eigenvalue weighted by Crippen LogP contribution is 2.28. The Morgan fingerprint density at radius 1 is 1.08 bits per heavy atom. The maximum atomic E-state index is 12.4. The van der Waals surface area contributed by atoms with Gasteiger partial charge in [-0.25, -0.2) is 0 Å². The average Bonchev–Trinajstić information content (AvgIpc) is 3.35. The van der Waals surface area contributed by atoms with Gasteiger partial charge in [0.05, 0.1) is 6.54 Å². The Hall–Kier alpha value is -2.21. The predicted molar refractivity (Wildman–Crippen MR) is 98.2 cm³/mol. The van der Waals surface area contributed by atoms with E-state index in [0.717, 1.165) is 38.2 Å². The standard InChI is InChI=1S/C20H26N4O2/c25-19(14-16-6-4-5-7-16)24-12-10-23(11-13-24)15-18-21-20(22-26-18)17-8-2-1-3-9-17/h1-3,8-9,16H,4-7,10-15H2. The first-order valence-corrected chi connectivity index (χ1v) is 9.66. The van der Waals surface area contributed by atoms with Gasteiger partial charge in [0.25, 0.3) is 0 Å². The predicted octanol–water partition coefficient (Wildman–Crippen LogP) is 2.96. The number of benzene rings is 1. The van der Waals surface area contributed by atoms with Gasteiger partial charge in [-0.3, -0.25) is 9.69 Å². The summed E-state index contributed by atoms with van der Waals surface area (Å²) in [6, 6.07) is 9.85. The number of aromatic nitrogens is 2. The number of carbonyl (C=O) groups excluding carboxylic acids is 1. The molecule has 0 spiro atoms. The fourth-order valence-corrected chi connectivity index (χ4v) is 3.96. The number of piperazine rings is 1. The van der Waals surface area contributed by atoms with E-state index >= 15 is 0 Å². The molecule has 2 aromatic rings. The van der Waals surface area contributed by atoms with Gasteiger partial charge in [0, 0.05) is 38.2 Å². The summed E-state index contributed by atoms with van der Waals surface area (Å²) in [5, 5.41) is 4.08. The van der Waals surface area contributed by atoms with Gasteiger partial charge < -0.3 is 9.42 Å². The SMILES string of the molecule is O=C(CC1CCCC1)N1CCN(Cc2nc(-c3ccccc3)no2)CC1. The van der Waals surface area contributed by atoms with Gasteiger partial charge in [0.2, 0.25) is 17.6 Å². The maximum Gasteiger partial charge on any atom is 0.241 e. The van der Waals surface area contributed by atoms with E-state index in [0.29, 0.717) is 30.1 Å². The fourth-order valence-electron chi connectivity index (χ4n) is 3.96. The highest BCUT2D eigenvalue weighted by atomic mass is 16.5. The second kappa shape index (κ2) is 7.99. The summed E-state index contributed by atoms with van der Waals surface area (Å²) < 4.78 is 5.40. The quantitative estimate of drug-likeness (QED) is 0.826. The molecule has 0 bridgehead atoms. The summed E-state index contributed by atoms with van der Waals surface area (Å²) in [5.41, 5.74) is 0.963. The highest BCUT2D eigenvalue weighted by molar-refractivity contribution is 5.76. The molecule has 0 atom stereocenters. The molecule has 6 heteroatoms. The van der Waals surface area contributed by atoms with Crippen molar-refractivity contribution in [2.45, 2.75) is 38.6 Å². The molecule has 1 aliphatic carbocycles. The number of hydrogen-bond acceptors (Lipinski definition) is 5. The monoisotopic (exact) mass is 354 g/mol. The molecule has 1 aromatic heterocycles. The third-order valence-corrected chi connectivity index (χ3v) is 5.52. The van der Waals surface area contributed by atoms with E-state index < -0.39 is 0 Å². The lowest BCUT2D eigenvalue weighted by atomic mass is 10.0. The van der Waals surface area contributed by atoms with E-state index in [2.05, 4.69) is 15.0 Å². The van der Waals surface area contributed by atoms with Gasteiger partial charge in [-0.1, -0.05) is 48.3 Å². The zero-order valence-corrected chi connectivity index (χ0v) is 15.1. The zero-order valence-electron chi connectivity index (χ0n) is 15.1. The van der Waals surface area contributed by atoms with Crippen molar-refractivity contribution in [2.75, 3.05) is 26.2 Å². The van der Waals surface area contributed by atoms with Gasteiger partial charge >= 0.3 is 0 Å². The summed E-state index contributed by atoms with van der Waals surface area (Å²) >= 11 is 0. The van der Waals surface area contributed by atoms with Crippen molar-refractivity contribution in [1.29, 1.82) is 0 Å². The van der Waals surface area contributed by atoms with E-state index in [9.17, 15) is 4.79 Å². The molecule has 1 saturated carbocycles. The molecule has 2 heterocycles. The lowest BCUT2D eigenvalue weighted by molar-refractivity contribution is -0.134. The summed E-state index contributed by atoms with van der Waals surface area (Å²) in [4.78, 5) is 21.2. The van der Waals surface area contributed by atoms with Gasteiger partial charge in [-0.2, -0.15) is 4.98 Å². The van der Waals surface area contributed by atoms with Crippen LogP contribution in [0.15, 0.2) is 34.9 Å². The lowest BCUT2D eigenvalue weighted by Crippen LogP contribution is -2.48. The normalized spacial score (nSPS) is 19.2. The Morgan fingerprint density at radius 3 is 2.54 bits per heavy atom. The van der Waals surface area contributed by atoms with Crippen molar-refractivity contribution in [1.82, 2.24) is 19.9 Å². The Labute approximate surface area is 154 Å². The van der Waals surface area contributed by atoms with E-state index in [-0.39, 0.29) is 0 Å². The van der Waals surface area contributed by atoms with Crippen molar-refractivity contribution in [2.24, 2.45) is 5.92 Å². The second-order valence-electron chi connectivity index (χ2n) is 7.39. The Kier molecular flexibility index (Phi) is 5.29. The van der Waals surface area contributed by atoms with Crippen LogP contribution in [0.5, 0.6) is 0 Å². The van der Waals surface area contributed by atoms with Crippen molar-refractivity contribution in [3.63, 3.8) is 0 Å². The summed E-state index contributed by atoms with van der Waals surface area (Å²) in [7, 11) is 0. The number of carbonyl (C=O) groups is 1. The van der Waals surface area contributed by atoms with Crippen LogP contribution in [0.3, 0.4) is 0 Å². The molecule has 0 N–H and O–H groups in total. The van der Waals surface area contributed by atoms with Gasteiger partial charge in [-0.05, 0) is 18.8 Å². The fraction of sp³-hybridized carbons (Fsp3) is 0.550. The molecule has 0 radical (unpaired) electrons. The summed E-state index contributed by atoms with van der Waals surface area (Å²) in [6.45, 7) is 3.96. The van der Waals surface area contributed by atoms with E-state index in [4.69, 9.17) is 4.52 Å². The van der Waals surface area contributed by atoms with E-state index in [1.54, 1.807) is 0 Å². The Bertz CT molecular complexity index is 716. The van der Waals surface area contributed by atoms with Crippen LogP contribution in [0.25, 0.3) is 11.4 Å². The third-order valence-electron chi connectivity index (χ3n) is 5.52. The molecular formula is C20H26N4O2. The largest absolute Gasteiger partial charge is 0.340 e. The Morgan fingerprint density at radius 2 is 1.81 bits per heavy atom. The highest BCUT2D eigenvalue weighted by Gasteiger charge is 2.25. The third kappa shape index (κ3) is 4.12. The van der Waals surface area contributed by atoms with Crippen molar-refractivity contribution >= 4 is 5.91 Å². The number of hydrogen-bond donors (Lipinski definition) is 0. The molecule has 2 aliphatic rings. The molecular weight excluding hydrogens is 328 g/mol. The minimum atomic E-state index is 0.334. The van der Waals surface area contributed by atoms with Crippen LogP contribution >= 0.6 is 0 Å². The van der Waals surface area contributed by atoms with Gasteiger partial charge in [-0.15, -0.1) is 0 Å². The Balaban J connectivity index is 1.26. The average molecular weight is 354 g/mol. The smallest absolute Gasteiger partial charge is 0.241 e. The molecule has 1 aliphatic heterocycles. The summed E-state index contributed by atoms with van der Waals surface area (Å²) in [5.74, 6) is 2.22. The number of amides is 1. The van der Waals surface area contributed by atoms with Crippen LogP contribution in [0.2, 0.25) is 0 Å². The molecule has 4 rings (SSSR count). The maximum absolute atomic E-state index is 12.4. The molecule has 0 unspecified atom stereocenters. The molecule has 2 fully saturated rings. The first kappa shape index (κ1) is 17.2. The first-order chi connectivity index (χ1) is 12.8. The summed E-state index contributed by atoms with van der Waals surface area (Å²) in [6.07, 6.45) is 5.78. The minimum Gasteiger partial charge on any atom is -0.340 e. The molecule has 1 amide bonds. The van der Waals surface area contributed by atoms with Gasteiger partial charge in [0.15, 0.2) is 0 Å². The molecule has 6 nitrogen and oxygen atoms in total. The van der Waals surface area contributed by atoms with Crippen LogP contribution in [-0.2, 0) is 11.3 Å². The van der Waals surface area contributed by atoms with Gasteiger partial charge in [0.1, 0.15) is 0 Å². The first-order valence-electron chi connectivity index (χ1n) is 9.66. The van der Waals surface area contributed by atoms with E-state index in [1.807, 2.05) is 35.2 Å². The lowest BCUT2D eigenvalue weighted by Gasteiger charge is -2.34. The zero-order chi connectivity index (χ0) is 17.8. The van der Waals surface area contributed by atoms with Crippen molar-refractivity contribution in [3.8, 4) is 11.4 Å². The van der Waals surface area contributed by atoms with Crippen molar-refractivity contribution in [3.05, 3.63) is 36.2 Å². The van der Waals surface area contributed by atoms with Crippen LogP contribution < -0.4 is 0 Å². The molecule has 138 valence electrons. The van der Waals surface area contributed by atoms with Crippen LogP contribution in [0.4, 0.5) is 0 Å². The second-order valence-corrected chi connectivity index (χ2v) is 7.39.